The van der Waals surface area contributed by atoms with Crippen LogP contribution in [-0.4, -0.2) is 30.3 Å². The number of fused-ring (bicyclic) bond motifs is 1. The number of aryl methyl sites for hydroxylation is 1. The smallest absolute Gasteiger partial charge is 0.208 e. The third-order valence-corrected chi connectivity index (χ3v) is 4.29. The van der Waals surface area contributed by atoms with Gasteiger partial charge in [-0.2, -0.15) is 4.98 Å². The van der Waals surface area contributed by atoms with Crippen LogP contribution in [0.25, 0.3) is 17.2 Å². The van der Waals surface area contributed by atoms with E-state index in [2.05, 4.69) is 38.4 Å². The number of nitrogens with zero attached hydrogens (tertiary/aromatic N) is 4. The quantitative estimate of drug-likeness (QED) is 0.558. The summed E-state index contributed by atoms with van der Waals surface area (Å²) in [5.41, 5.74) is 3.01. The van der Waals surface area contributed by atoms with Crippen LogP contribution in [0.1, 0.15) is 32.4 Å². The van der Waals surface area contributed by atoms with Gasteiger partial charge in [-0.05, 0) is 25.0 Å². The number of thioether (sulfide) groups is 1. The molecule has 0 saturated heterocycles. The summed E-state index contributed by atoms with van der Waals surface area (Å²) in [4.78, 5) is 9.28. The second kappa shape index (κ2) is 6.30. The second-order valence-corrected chi connectivity index (χ2v) is 5.92. The Morgan fingerprint density at radius 2 is 2.14 bits per heavy atom. The molecule has 3 heterocycles. The molecule has 0 fully saturated rings. The average Bonchev–Trinajstić information content (AvgIpc) is 3.10. The minimum absolute atomic E-state index is 0.796. The number of imidazole rings is 1. The van der Waals surface area contributed by atoms with Gasteiger partial charge in [0.2, 0.25) is 5.16 Å². The van der Waals surface area contributed by atoms with Crippen molar-refractivity contribution in [2.45, 2.75) is 38.3 Å². The van der Waals surface area contributed by atoms with Crippen molar-refractivity contribution in [2.75, 3.05) is 5.75 Å². The topological polar surface area (TPSA) is 58.9 Å². The summed E-state index contributed by atoms with van der Waals surface area (Å²) in [5, 5.41) is 8.18. The summed E-state index contributed by atoms with van der Waals surface area (Å²) in [6, 6.07) is 6.01. The Kier molecular flexibility index (Phi) is 4.24. The number of rotatable bonds is 6. The molecule has 0 bridgehead atoms. The van der Waals surface area contributed by atoms with E-state index in [1.807, 2.05) is 24.4 Å². The molecule has 0 atom stereocenters. The molecule has 21 heavy (non-hydrogen) atoms. The second-order valence-electron chi connectivity index (χ2n) is 4.86. The molecular weight excluding hydrogens is 282 g/mol. The first kappa shape index (κ1) is 14.1. The first-order valence-corrected chi connectivity index (χ1v) is 8.33. The van der Waals surface area contributed by atoms with Crippen LogP contribution in [0.2, 0.25) is 0 Å². The fourth-order valence-corrected chi connectivity index (χ4v) is 3.15. The number of unbranched alkanes of at least 4 members (excludes halogenated alkanes) is 1. The summed E-state index contributed by atoms with van der Waals surface area (Å²) >= 11 is 1.70. The van der Waals surface area contributed by atoms with Gasteiger partial charge >= 0.3 is 0 Å². The van der Waals surface area contributed by atoms with E-state index in [9.17, 15) is 0 Å². The molecule has 6 heteroatoms. The highest BCUT2D eigenvalue weighted by Crippen LogP contribution is 2.24. The lowest BCUT2D eigenvalue weighted by Crippen LogP contribution is -1.92. The van der Waals surface area contributed by atoms with E-state index in [-0.39, 0.29) is 0 Å². The fraction of sp³-hybridized carbons (Fsp3) is 0.400. The Balaban J connectivity index is 1.96. The standard InChI is InChI=1S/C15H19N5S/c1-3-5-10-21-15-17-14(18-19-15)13-11(4-2)16-12-8-6-7-9-20(12)13/h6-9H,3-5,10H2,1-2H3,(H,17,18,19). The molecule has 0 amide bonds. The molecule has 0 aliphatic carbocycles. The maximum absolute atomic E-state index is 4.66. The largest absolute Gasteiger partial charge is 0.297 e. The summed E-state index contributed by atoms with van der Waals surface area (Å²) in [6.07, 6.45) is 5.27. The molecule has 3 aromatic rings. The molecule has 0 spiro atoms. The molecule has 110 valence electrons. The van der Waals surface area contributed by atoms with Crippen molar-refractivity contribution in [3.63, 3.8) is 0 Å². The van der Waals surface area contributed by atoms with E-state index in [0.717, 1.165) is 40.2 Å². The molecule has 5 nitrogen and oxygen atoms in total. The first-order valence-electron chi connectivity index (χ1n) is 7.35. The van der Waals surface area contributed by atoms with Crippen molar-refractivity contribution < 1.29 is 0 Å². The summed E-state index contributed by atoms with van der Waals surface area (Å²) in [5.74, 6) is 1.85. The third kappa shape index (κ3) is 2.81. The lowest BCUT2D eigenvalue weighted by atomic mass is 10.2. The summed E-state index contributed by atoms with van der Waals surface area (Å²) in [6.45, 7) is 4.30. The Labute approximate surface area is 128 Å². The summed E-state index contributed by atoms with van der Waals surface area (Å²) < 4.78 is 2.07. The molecular formula is C15H19N5S. The van der Waals surface area contributed by atoms with Crippen LogP contribution in [-0.2, 0) is 6.42 Å². The molecule has 0 unspecified atom stereocenters. The Morgan fingerprint density at radius 1 is 1.24 bits per heavy atom. The third-order valence-electron chi connectivity index (χ3n) is 3.36. The van der Waals surface area contributed by atoms with Gasteiger partial charge in [-0.1, -0.05) is 38.1 Å². The molecule has 0 aliphatic heterocycles. The van der Waals surface area contributed by atoms with Crippen LogP contribution in [0.5, 0.6) is 0 Å². The van der Waals surface area contributed by atoms with Crippen molar-refractivity contribution >= 4 is 17.4 Å². The summed E-state index contributed by atoms with van der Waals surface area (Å²) in [7, 11) is 0. The van der Waals surface area contributed by atoms with Crippen LogP contribution in [0, 0.1) is 0 Å². The maximum Gasteiger partial charge on any atom is 0.208 e. The van der Waals surface area contributed by atoms with Gasteiger partial charge in [-0.3, -0.25) is 9.50 Å². The molecule has 1 N–H and O–H groups in total. The van der Waals surface area contributed by atoms with Crippen molar-refractivity contribution in [1.82, 2.24) is 24.6 Å². The van der Waals surface area contributed by atoms with Gasteiger partial charge < -0.3 is 0 Å². The number of hydrogen-bond acceptors (Lipinski definition) is 4. The Hall–Kier alpha value is -1.82. The molecule has 0 aliphatic rings. The van der Waals surface area contributed by atoms with Gasteiger partial charge in [0.25, 0.3) is 0 Å². The molecule has 0 aromatic carbocycles. The van der Waals surface area contributed by atoms with E-state index in [1.165, 1.54) is 12.8 Å². The normalized spacial score (nSPS) is 11.3. The predicted molar refractivity (Wildman–Crippen MR) is 85.6 cm³/mol. The molecule has 0 radical (unpaired) electrons. The Bertz CT molecular complexity index is 731. The Morgan fingerprint density at radius 3 is 2.95 bits per heavy atom. The lowest BCUT2D eigenvalue weighted by Gasteiger charge is -1.99. The van der Waals surface area contributed by atoms with E-state index < -0.39 is 0 Å². The van der Waals surface area contributed by atoms with Gasteiger partial charge in [0.1, 0.15) is 11.3 Å². The van der Waals surface area contributed by atoms with Crippen molar-refractivity contribution in [1.29, 1.82) is 0 Å². The first-order chi connectivity index (χ1) is 10.3. The van der Waals surface area contributed by atoms with Crippen LogP contribution in [0.3, 0.4) is 0 Å². The number of H-pyrrole nitrogens is 1. The van der Waals surface area contributed by atoms with E-state index >= 15 is 0 Å². The number of pyridine rings is 1. The highest BCUT2D eigenvalue weighted by atomic mass is 32.2. The van der Waals surface area contributed by atoms with E-state index in [4.69, 9.17) is 0 Å². The van der Waals surface area contributed by atoms with Gasteiger partial charge in [-0.15, -0.1) is 5.10 Å². The van der Waals surface area contributed by atoms with Crippen LogP contribution in [0.4, 0.5) is 0 Å². The number of aromatic nitrogens is 5. The van der Waals surface area contributed by atoms with Crippen LogP contribution in [0.15, 0.2) is 29.6 Å². The van der Waals surface area contributed by atoms with Gasteiger partial charge in [0, 0.05) is 11.9 Å². The van der Waals surface area contributed by atoms with Gasteiger partial charge in [-0.25, -0.2) is 4.98 Å². The maximum atomic E-state index is 4.66. The zero-order chi connectivity index (χ0) is 14.7. The number of hydrogen-bond donors (Lipinski definition) is 1. The molecule has 3 aromatic heterocycles. The fourth-order valence-electron chi connectivity index (χ4n) is 2.27. The monoisotopic (exact) mass is 301 g/mol. The minimum Gasteiger partial charge on any atom is -0.297 e. The van der Waals surface area contributed by atoms with Crippen molar-refractivity contribution in [2.24, 2.45) is 0 Å². The van der Waals surface area contributed by atoms with Gasteiger partial charge in [0.05, 0.1) is 5.69 Å². The zero-order valence-corrected chi connectivity index (χ0v) is 13.2. The average molecular weight is 301 g/mol. The molecule has 3 rings (SSSR count). The highest BCUT2D eigenvalue weighted by molar-refractivity contribution is 7.99. The SMILES string of the molecule is CCCCSc1n[nH]c(-c2c(CC)nc3ccccn23)n1. The van der Waals surface area contributed by atoms with Crippen molar-refractivity contribution in [3.8, 4) is 11.5 Å². The zero-order valence-electron chi connectivity index (χ0n) is 12.3. The van der Waals surface area contributed by atoms with E-state index in [0.29, 0.717) is 0 Å². The number of aromatic amines is 1. The van der Waals surface area contributed by atoms with Gasteiger partial charge in [0.15, 0.2) is 5.82 Å². The molecule has 0 saturated carbocycles. The highest BCUT2D eigenvalue weighted by Gasteiger charge is 2.16. The van der Waals surface area contributed by atoms with Crippen LogP contribution >= 0.6 is 11.8 Å². The predicted octanol–water partition coefficient (Wildman–Crippen LogP) is 3.57. The van der Waals surface area contributed by atoms with E-state index in [1.54, 1.807) is 11.8 Å². The van der Waals surface area contributed by atoms with Crippen LogP contribution < -0.4 is 0 Å². The minimum atomic E-state index is 0.796. The lowest BCUT2D eigenvalue weighted by molar-refractivity contribution is 0.889. The number of nitrogens with one attached hydrogen (secondary N) is 1. The van der Waals surface area contributed by atoms with Crippen molar-refractivity contribution in [3.05, 3.63) is 30.1 Å².